The van der Waals surface area contributed by atoms with E-state index in [9.17, 15) is 4.79 Å². The van der Waals surface area contributed by atoms with E-state index in [0.29, 0.717) is 0 Å². The molecule has 1 aliphatic heterocycles. The van der Waals surface area contributed by atoms with Gasteiger partial charge in [-0.2, -0.15) is 0 Å². The molecule has 0 aromatic carbocycles. The van der Waals surface area contributed by atoms with Gasteiger partial charge in [-0.3, -0.25) is 9.88 Å². The van der Waals surface area contributed by atoms with Crippen molar-refractivity contribution in [3.05, 3.63) is 42.0 Å². The maximum atomic E-state index is 10.8. The average molecular weight is 273 g/mol. The van der Waals surface area contributed by atoms with Crippen molar-refractivity contribution in [3.63, 3.8) is 0 Å². The van der Waals surface area contributed by atoms with Gasteiger partial charge in [0.05, 0.1) is 17.9 Å². The lowest BCUT2D eigenvalue weighted by Crippen LogP contribution is -2.49. The Morgan fingerprint density at radius 3 is 2.85 bits per heavy atom. The van der Waals surface area contributed by atoms with Gasteiger partial charge in [-0.25, -0.2) is 9.48 Å². The summed E-state index contributed by atoms with van der Waals surface area (Å²) in [4.78, 5) is 17.4. The number of hydrogen-bond acceptors (Lipinski definition) is 5. The number of aromatic carboxylic acids is 1. The third-order valence-electron chi connectivity index (χ3n) is 3.66. The Labute approximate surface area is 115 Å². The molecule has 2 aromatic heterocycles. The summed E-state index contributed by atoms with van der Waals surface area (Å²) in [6, 6.07) is 6.32. The first-order chi connectivity index (χ1) is 9.65. The average Bonchev–Trinajstić information content (AvgIpc) is 2.87. The first-order valence-corrected chi connectivity index (χ1v) is 6.45. The SMILES string of the molecule is CC(c1ccccn1)N1CC(n2cc(C(=O)O)nn2)C1. The van der Waals surface area contributed by atoms with Crippen LogP contribution >= 0.6 is 0 Å². The highest BCUT2D eigenvalue weighted by Gasteiger charge is 2.33. The zero-order valence-electron chi connectivity index (χ0n) is 11.0. The zero-order chi connectivity index (χ0) is 14.1. The number of rotatable bonds is 4. The van der Waals surface area contributed by atoms with Crippen molar-refractivity contribution in [1.82, 2.24) is 24.9 Å². The standard InChI is InChI=1S/C13H15N5O2/c1-9(11-4-2-3-5-14-11)17-6-10(7-17)18-8-12(13(19)20)15-16-18/h2-5,8-10H,6-7H2,1H3,(H,19,20). The largest absolute Gasteiger partial charge is 0.476 e. The summed E-state index contributed by atoms with van der Waals surface area (Å²) in [6.45, 7) is 3.75. The molecule has 3 heterocycles. The third kappa shape index (κ3) is 2.27. The van der Waals surface area contributed by atoms with Crippen LogP contribution in [0.15, 0.2) is 30.6 Å². The fraction of sp³-hybridized carbons (Fsp3) is 0.385. The molecular formula is C13H15N5O2. The first-order valence-electron chi connectivity index (χ1n) is 6.45. The van der Waals surface area contributed by atoms with E-state index in [1.54, 1.807) is 10.9 Å². The van der Waals surface area contributed by atoms with Gasteiger partial charge in [0.1, 0.15) is 0 Å². The summed E-state index contributed by atoms with van der Waals surface area (Å²) in [5.41, 5.74) is 1.02. The van der Waals surface area contributed by atoms with E-state index in [1.807, 2.05) is 18.2 Å². The molecule has 0 aliphatic carbocycles. The number of carboxylic acids is 1. The van der Waals surface area contributed by atoms with Crippen molar-refractivity contribution in [2.24, 2.45) is 0 Å². The number of hydrogen-bond donors (Lipinski definition) is 1. The molecule has 104 valence electrons. The molecule has 7 nitrogen and oxygen atoms in total. The van der Waals surface area contributed by atoms with Crippen LogP contribution in [0.2, 0.25) is 0 Å². The van der Waals surface area contributed by atoms with Crippen LogP contribution in [0, 0.1) is 0 Å². The van der Waals surface area contributed by atoms with Crippen LogP contribution in [0.25, 0.3) is 0 Å². The molecule has 2 aromatic rings. The lowest BCUT2D eigenvalue weighted by molar-refractivity contribution is 0.0569. The molecular weight excluding hydrogens is 258 g/mol. The van der Waals surface area contributed by atoms with E-state index in [1.165, 1.54) is 6.20 Å². The van der Waals surface area contributed by atoms with Gasteiger partial charge in [0, 0.05) is 25.3 Å². The van der Waals surface area contributed by atoms with Crippen LogP contribution < -0.4 is 0 Å². The van der Waals surface area contributed by atoms with Gasteiger partial charge in [-0.05, 0) is 19.1 Å². The van der Waals surface area contributed by atoms with Gasteiger partial charge in [0.25, 0.3) is 0 Å². The summed E-state index contributed by atoms with van der Waals surface area (Å²) < 4.78 is 1.63. The number of carbonyl (C=O) groups is 1. The molecule has 1 unspecified atom stereocenters. The number of aromatic nitrogens is 4. The summed E-state index contributed by atoms with van der Waals surface area (Å²) in [6.07, 6.45) is 3.27. The Kier molecular flexibility index (Phi) is 3.19. The van der Waals surface area contributed by atoms with Gasteiger partial charge in [0.2, 0.25) is 0 Å². The van der Waals surface area contributed by atoms with Gasteiger partial charge in [0.15, 0.2) is 5.69 Å². The summed E-state index contributed by atoms with van der Waals surface area (Å²) in [7, 11) is 0. The Bertz CT molecular complexity index is 606. The molecule has 1 atom stereocenters. The normalized spacial score (nSPS) is 17.6. The minimum Gasteiger partial charge on any atom is -0.476 e. The van der Waals surface area contributed by atoms with Crippen molar-refractivity contribution in [1.29, 1.82) is 0 Å². The Morgan fingerprint density at radius 1 is 1.45 bits per heavy atom. The quantitative estimate of drug-likeness (QED) is 0.894. The van der Waals surface area contributed by atoms with E-state index in [4.69, 9.17) is 5.11 Å². The molecule has 1 aliphatic rings. The van der Waals surface area contributed by atoms with Gasteiger partial charge < -0.3 is 5.11 Å². The predicted molar refractivity (Wildman–Crippen MR) is 70.2 cm³/mol. The molecule has 0 spiro atoms. The molecule has 0 saturated carbocycles. The van der Waals surface area contributed by atoms with Crippen molar-refractivity contribution >= 4 is 5.97 Å². The van der Waals surface area contributed by atoms with Crippen molar-refractivity contribution < 1.29 is 9.90 Å². The molecule has 1 saturated heterocycles. The molecule has 0 radical (unpaired) electrons. The smallest absolute Gasteiger partial charge is 0.358 e. The topological polar surface area (TPSA) is 84.1 Å². The highest BCUT2D eigenvalue weighted by atomic mass is 16.4. The summed E-state index contributed by atoms with van der Waals surface area (Å²) >= 11 is 0. The maximum Gasteiger partial charge on any atom is 0.358 e. The van der Waals surface area contributed by atoms with Gasteiger partial charge >= 0.3 is 5.97 Å². The minimum absolute atomic E-state index is 0.0128. The number of carboxylic acid groups (broad SMARTS) is 1. The van der Waals surface area contributed by atoms with Crippen molar-refractivity contribution in [2.45, 2.75) is 19.0 Å². The summed E-state index contributed by atoms with van der Waals surface area (Å²) in [5, 5.41) is 16.3. The second-order valence-corrected chi connectivity index (χ2v) is 4.93. The molecule has 1 fully saturated rings. The van der Waals surface area contributed by atoms with E-state index < -0.39 is 5.97 Å². The predicted octanol–water partition coefficient (Wildman–Crippen LogP) is 0.989. The van der Waals surface area contributed by atoms with Crippen LogP contribution in [0.4, 0.5) is 0 Å². The Hall–Kier alpha value is -2.28. The fourth-order valence-electron chi connectivity index (χ4n) is 2.33. The van der Waals surface area contributed by atoms with Crippen LogP contribution in [0.3, 0.4) is 0 Å². The summed E-state index contributed by atoms with van der Waals surface area (Å²) in [5.74, 6) is -1.05. The second kappa shape index (κ2) is 5.01. The minimum atomic E-state index is -1.05. The maximum absolute atomic E-state index is 10.8. The number of nitrogens with zero attached hydrogens (tertiary/aromatic N) is 5. The zero-order valence-corrected chi connectivity index (χ0v) is 11.0. The highest BCUT2D eigenvalue weighted by Crippen LogP contribution is 2.29. The van der Waals surface area contributed by atoms with Gasteiger partial charge in [-0.15, -0.1) is 5.10 Å². The first kappa shape index (κ1) is 12.7. The van der Waals surface area contributed by atoms with Gasteiger partial charge in [-0.1, -0.05) is 11.3 Å². The molecule has 0 bridgehead atoms. The van der Waals surface area contributed by atoms with Crippen LogP contribution in [-0.4, -0.2) is 49.0 Å². The Balaban J connectivity index is 1.62. The molecule has 1 N–H and O–H groups in total. The van der Waals surface area contributed by atoms with E-state index >= 15 is 0 Å². The van der Waals surface area contributed by atoms with E-state index in [-0.39, 0.29) is 17.8 Å². The monoisotopic (exact) mass is 273 g/mol. The Morgan fingerprint density at radius 2 is 2.25 bits per heavy atom. The fourth-order valence-corrected chi connectivity index (χ4v) is 2.33. The second-order valence-electron chi connectivity index (χ2n) is 4.93. The molecule has 0 amide bonds. The third-order valence-corrected chi connectivity index (χ3v) is 3.66. The highest BCUT2D eigenvalue weighted by molar-refractivity contribution is 5.84. The van der Waals surface area contributed by atoms with Crippen molar-refractivity contribution in [2.75, 3.05) is 13.1 Å². The van der Waals surface area contributed by atoms with Crippen LogP contribution in [0.5, 0.6) is 0 Å². The molecule has 20 heavy (non-hydrogen) atoms. The lowest BCUT2D eigenvalue weighted by Gasteiger charge is -2.42. The number of likely N-dealkylation sites (tertiary alicyclic amines) is 1. The lowest BCUT2D eigenvalue weighted by atomic mass is 10.0. The molecule has 3 rings (SSSR count). The van der Waals surface area contributed by atoms with Crippen LogP contribution in [0.1, 0.15) is 35.2 Å². The molecule has 7 heteroatoms. The van der Waals surface area contributed by atoms with Crippen LogP contribution in [-0.2, 0) is 0 Å². The van der Waals surface area contributed by atoms with Crippen molar-refractivity contribution in [3.8, 4) is 0 Å². The van der Waals surface area contributed by atoms with E-state index in [0.717, 1.165) is 18.8 Å². The number of pyridine rings is 1. The van der Waals surface area contributed by atoms with E-state index in [2.05, 4.69) is 27.1 Å².